The van der Waals surface area contributed by atoms with Crippen LogP contribution in [0.25, 0.3) is 0 Å². The summed E-state index contributed by atoms with van der Waals surface area (Å²) in [6, 6.07) is 9.77. The minimum atomic E-state index is 0.420. The number of nitrogens with one attached hydrogen (secondary N) is 1. The van der Waals surface area contributed by atoms with E-state index in [0.29, 0.717) is 5.96 Å². The topological polar surface area (TPSA) is 50.4 Å². The molecule has 0 aromatic heterocycles. The Labute approximate surface area is 95.4 Å². The Morgan fingerprint density at radius 3 is 2.69 bits per heavy atom. The first-order chi connectivity index (χ1) is 7.84. The number of anilines is 1. The molecule has 0 unspecified atom stereocenters. The molecule has 0 aliphatic heterocycles. The number of benzene rings is 1. The molecule has 2 rings (SSSR count). The van der Waals surface area contributed by atoms with Crippen LogP contribution in [0.15, 0.2) is 59.2 Å². The summed E-state index contributed by atoms with van der Waals surface area (Å²) in [5.41, 5.74) is 7.67. The van der Waals surface area contributed by atoms with E-state index in [1.807, 2.05) is 36.4 Å². The summed E-state index contributed by atoms with van der Waals surface area (Å²) in [6.07, 6.45) is 8.30. The number of nitrogens with two attached hydrogens (primary N) is 1. The van der Waals surface area contributed by atoms with Gasteiger partial charge in [-0.3, -0.25) is 0 Å². The summed E-state index contributed by atoms with van der Waals surface area (Å²) < 4.78 is 0. The van der Waals surface area contributed by atoms with Crippen LogP contribution in [0.2, 0.25) is 0 Å². The molecule has 1 aliphatic rings. The molecule has 82 valence electrons. The molecule has 1 aromatic rings. The third-order valence-electron chi connectivity index (χ3n) is 2.27. The minimum Gasteiger partial charge on any atom is -0.369 e. The molecule has 0 fully saturated rings. The molecule has 0 amide bonds. The Hall–Kier alpha value is -2.03. The highest BCUT2D eigenvalue weighted by molar-refractivity contribution is 5.93. The normalized spacial score (nSPS) is 15.8. The second-order valence-electron chi connectivity index (χ2n) is 3.60. The molecule has 0 bridgehead atoms. The molecular formula is C13H15N3. The van der Waals surface area contributed by atoms with Gasteiger partial charge in [0.15, 0.2) is 5.96 Å². The van der Waals surface area contributed by atoms with Crippen LogP contribution in [0.3, 0.4) is 0 Å². The number of aliphatic imine (C=N–C) groups is 1. The van der Waals surface area contributed by atoms with Gasteiger partial charge in [-0.25, -0.2) is 4.99 Å². The Kier molecular flexibility index (Phi) is 3.38. The molecule has 16 heavy (non-hydrogen) atoms. The SMILES string of the molecule is NC(=NC1=CCCC=C1)Nc1ccccc1. The van der Waals surface area contributed by atoms with Crippen molar-refractivity contribution >= 4 is 11.6 Å². The predicted molar refractivity (Wildman–Crippen MR) is 68.1 cm³/mol. The second-order valence-corrected chi connectivity index (χ2v) is 3.60. The molecular weight excluding hydrogens is 198 g/mol. The average Bonchev–Trinajstić information content (AvgIpc) is 2.31. The van der Waals surface area contributed by atoms with Crippen molar-refractivity contribution in [2.45, 2.75) is 12.8 Å². The van der Waals surface area contributed by atoms with E-state index >= 15 is 0 Å². The van der Waals surface area contributed by atoms with Crippen molar-refractivity contribution in [2.24, 2.45) is 10.7 Å². The van der Waals surface area contributed by atoms with E-state index in [1.165, 1.54) is 0 Å². The van der Waals surface area contributed by atoms with Gasteiger partial charge >= 0.3 is 0 Å². The number of para-hydroxylation sites is 1. The first-order valence-corrected chi connectivity index (χ1v) is 5.37. The van der Waals surface area contributed by atoms with E-state index in [2.05, 4.69) is 22.5 Å². The highest BCUT2D eigenvalue weighted by Gasteiger charge is 1.97. The highest BCUT2D eigenvalue weighted by Crippen LogP contribution is 2.11. The molecule has 3 heteroatoms. The average molecular weight is 213 g/mol. The minimum absolute atomic E-state index is 0.420. The van der Waals surface area contributed by atoms with Crippen LogP contribution in [0.4, 0.5) is 5.69 Å². The van der Waals surface area contributed by atoms with Crippen molar-refractivity contribution in [3.63, 3.8) is 0 Å². The van der Waals surface area contributed by atoms with Gasteiger partial charge in [-0.05, 0) is 31.1 Å². The third kappa shape index (κ3) is 2.98. The van der Waals surface area contributed by atoms with E-state index in [-0.39, 0.29) is 0 Å². The smallest absolute Gasteiger partial charge is 0.198 e. The summed E-state index contributed by atoms with van der Waals surface area (Å²) in [7, 11) is 0. The number of nitrogens with zero attached hydrogens (tertiary/aromatic N) is 1. The lowest BCUT2D eigenvalue weighted by Crippen LogP contribution is -2.22. The standard InChI is InChI=1S/C13H15N3/c14-13(15-11-7-3-1-4-8-11)16-12-9-5-2-6-10-12/h1,3-5,7-10H,2,6H2,(H3,14,15,16). The van der Waals surface area contributed by atoms with E-state index in [1.54, 1.807) is 0 Å². The van der Waals surface area contributed by atoms with E-state index in [0.717, 1.165) is 24.2 Å². The van der Waals surface area contributed by atoms with Crippen molar-refractivity contribution in [3.8, 4) is 0 Å². The lowest BCUT2D eigenvalue weighted by molar-refractivity contribution is 1.01. The molecule has 0 saturated heterocycles. The molecule has 0 spiro atoms. The molecule has 0 atom stereocenters. The Morgan fingerprint density at radius 1 is 1.19 bits per heavy atom. The zero-order valence-electron chi connectivity index (χ0n) is 9.06. The summed E-state index contributed by atoms with van der Waals surface area (Å²) in [6.45, 7) is 0. The van der Waals surface area contributed by atoms with Gasteiger partial charge in [0.1, 0.15) is 0 Å². The zero-order valence-corrected chi connectivity index (χ0v) is 9.06. The fraction of sp³-hybridized carbons (Fsp3) is 0.154. The van der Waals surface area contributed by atoms with Gasteiger partial charge in [0, 0.05) is 5.69 Å². The largest absolute Gasteiger partial charge is 0.369 e. The third-order valence-corrected chi connectivity index (χ3v) is 2.27. The Balaban J connectivity index is 2.03. The van der Waals surface area contributed by atoms with E-state index < -0.39 is 0 Å². The summed E-state index contributed by atoms with van der Waals surface area (Å²) in [4.78, 5) is 4.29. The van der Waals surface area contributed by atoms with Crippen LogP contribution in [-0.2, 0) is 0 Å². The number of rotatable bonds is 2. The van der Waals surface area contributed by atoms with Gasteiger partial charge in [-0.2, -0.15) is 0 Å². The van der Waals surface area contributed by atoms with Crippen LogP contribution in [-0.4, -0.2) is 5.96 Å². The number of hydrogen-bond acceptors (Lipinski definition) is 1. The van der Waals surface area contributed by atoms with Gasteiger partial charge in [0.2, 0.25) is 0 Å². The summed E-state index contributed by atoms with van der Waals surface area (Å²) in [5, 5.41) is 3.04. The molecule has 1 aromatic carbocycles. The van der Waals surface area contributed by atoms with Crippen LogP contribution in [0.1, 0.15) is 12.8 Å². The number of hydrogen-bond donors (Lipinski definition) is 2. The summed E-state index contributed by atoms with van der Waals surface area (Å²) in [5.74, 6) is 0.420. The zero-order chi connectivity index (χ0) is 11.2. The monoisotopic (exact) mass is 213 g/mol. The van der Waals surface area contributed by atoms with Crippen LogP contribution in [0.5, 0.6) is 0 Å². The van der Waals surface area contributed by atoms with Crippen molar-refractivity contribution in [1.29, 1.82) is 0 Å². The van der Waals surface area contributed by atoms with Crippen LogP contribution >= 0.6 is 0 Å². The van der Waals surface area contributed by atoms with E-state index in [4.69, 9.17) is 5.73 Å². The van der Waals surface area contributed by atoms with Crippen molar-refractivity contribution in [2.75, 3.05) is 5.32 Å². The second kappa shape index (κ2) is 5.16. The van der Waals surface area contributed by atoms with Gasteiger partial charge < -0.3 is 11.1 Å². The number of guanidine groups is 1. The molecule has 1 aliphatic carbocycles. The van der Waals surface area contributed by atoms with Gasteiger partial charge in [-0.1, -0.05) is 30.4 Å². The van der Waals surface area contributed by atoms with Crippen molar-refractivity contribution in [3.05, 3.63) is 54.3 Å². The van der Waals surface area contributed by atoms with Crippen molar-refractivity contribution in [1.82, 2.24) is 0 Å². The molecule has 0 saturated carbocycles. The fourth-order valence-electron chi connectivity index (χ4n) is 1.52. The lowest BCUT2D eigenvalue weighted by Gasteiger charge is -2.06. The first-order valence-electron chi connectivity index (χ1n) is 5.37. The Bertz CT molecular complexity index is 430. The predicted octanol–water partition coefficient (Wildman–Crippen LogP) is 2.65. The first kappa shape index (κ1) is 10.5. The highest BCUT2D eigenvalue weighted by atomic mass is 15.1. The van der Waals surface area contributed by atoms with E-state index in [9.17, 15) is 0 Å². The van der Waals surface area contributed by atoms with Crippen molar-refractivity contribution < 1.29 is 0 Å². The maximum Gasteiger partial charge on any atom is 0.198 e. The lowest BCUT2D eigenvalue weighted by atomic mass is 10.1. The molecule has 3 N–H and O–H groups in total. The molecule has 0 heterocycles. The van der Waals surface area contributed by atoms with Gasteiger partial charge in [0.25, 0.3) is 0 Å². The van der Waals surface area contributed by atoms with Crippen LogP contribution in [0, 0.1) is 0 Å². The quantitative estimate of drug-likeness (QED) is 0.586. The Morgan fingerprint density at radius 2 is 2.00 bits per heavy atom. The van der Waals surface area contributed by atoms with Gasteiger partial charge in [-0.15, -0.1) is 0 Å². The maximum absolute atomic E-state index is 5.80. The molecule has 0 radical (unpaired) electrons. The van der Waals surface area contributed by atoms with Gasteiger partial charge in [0.05, 0.1) is 5.70 Å². The van der Waals surface area contributed by atoms with Crippen LogP contribution < -0.4 is 11.1 Å². The maximum atomic E-state index is 5.80. The molecule has 3 nitrogen and oxygen atoms in total. The summed E-state index contributed by atoms with van der Waals surface area (Å²) >= 11 is 0. The fourth-order valence-corrected chi connectivity index (χ4v) is 1.52. The number of allylic oxidation sites excluding steroid dienone is 3.